The number of para-hydroxylation sites is 1. The minimum absolute atomic E-state index is 0.163. The number of halogens is 3. The van der Waals surface area contributed by atoms with E-state index >= 15 is 0 Å². The Morgan fingerprint density at radius 2 is 1.81 bits per heavy atom. The van der Waals surface area contributed by atoms with Crippen LogP contribution in [0, 0.1) is 0 Å². The number of anilines is 2. The van der Waals surface area contributed by atoms with Gasteiger partial charge in [0.25, 0.3) is 0 Å². The summed E-state index contributed by atoms with van der Waals surface area (Å²) in [5.74, 6) is -0.163. The van der Waals surface area contributed by atoms with E-state index in [0.717, 1.165) is 43.2 Å². The zero-order valence-corrected chi connectivity index (χ0v) is 18.6. The van der Waals surface area contributed by atoms with Crippen molar-refractivity contribution in [1.82, 2.24) is 9.80 Å². The summed E-state index contributed by atoms with van der Waals surface area (Å²) in [4.78, 5) is 21.3. The van der Waals surface area contributed by atoms with Crippen LogP contribution in [0.5, 0.6) is 0 Å². The molecule has 0 saturated carbocycles. The number of benzene rings is 2. The topological polar surface area (TPSA) is 26.8 Å². The molecule has 32 heavy (non-hydrogen) atoms. The molecule has 3 aliphatic heterocycles. The Bertz CT molecular complexity index is 1010. The number of hydrogen-bond donors (Lipinski definition) is 0. The van der Waals surface area contributed by atoms with Crippen molar-refractivity contribution in [2.75, 3.05) is 37.6 Å². The number of rotatable bonds is 3. The van der Waals surface area contributed by atoms with E-state index in [4.69, 9.17) is 0 Å². The normalized spacial score (nSPS) is 21.6. The summed E-state index contributed by atoms with van der Waals surface area (Å²) in [6, 6.07) is 11.7. The quantitative estimate of drug-likeness (QED) is 0.612. The van der Waals surface area contributed by atoms with Gasteiger partial charge in [0.05, 0.1) is 16.9 Å². The number of carbonyl (C=O) groups is 1. The molecule has 170 valence electrons. The number of amides is 1. The highest BCUT2D eigenvalue weighted by molar-refractivity contribution is 7.99. The summed E-state index contributed by atoms with van der Waals surface area (Å²) >= 11 is 1.40. The maximum absolute atomic E-state index is 13.4. The van der Waals surface area contributed by atoms with E-state index in [1.165, 1.54) is 42.0 Å². The van der Waals surface area contributed by atoms with Crippen LogP contribution in [0.4, 0.5) is 24.5 Å². The van der Waals surface area contributed by atoms with Crippen LogP contribution < -0.4 is 4.90 Å². The molecule has 4 nitrogen and oxygen atoms in total. The fourth-order valence-corrected chi connectivity index (χ4v) is 6.03. The third-order valence-electron chi connectivity index (χ3n) is 6.67. The van der Waals surface area contributed by atoms with Gasteiger partial charge < -0.3 is 0 Å². The number of alkyl halides is 3. The van der Waals surface area contributed by atoms with Crippen LogP contribution in [0.3, 0.4) is 0 Å². The van der Waals surface area contributed by atoms with Crippen molar-refractivity contribution in [2.24, 2.45) is 0 Å². The van der Waals surface area contributed by atoms with Crippen molar-refractivity contribution < 1.29 is 18.0 Å². The molecule has 0 spiro atoms. The zero-order chi connectivity index (χ0) is 22.3. The lowest BCUT2D eigenvalue weighted by Crippen LogP contribution is -2.55. The van der Waals surface area contributed by atoms with Gasteiger partial charge in [0, 0.05) is 48.4 Å². The zero-order valence-electron chi connectivity index (χ0n) is 17.8. The highest BCUT2D eigenvalue weighted by Gasteiger charge is 2.35. The molecule has 2 aromatic carbocycles. The van der Waals surface area contributed by atoms with Gasteiger partial charge in [-0.15, -0.1) is 0 Å². The van der Waals surface area contributed by atoms with Gasteiger partial charge in [0.15, 0.2) is 0 Å². The van der Waals surface area contributed by atoms with E-state index in [2.05, 4.69) is 9.80 Å². The van der Waals surface area contributed by atoms with E-state index in [0.29, 0.717) is 28.9 Å². The van der Waals surface area contributed by atoms with Gasteiger partial charge in [-0.1, -0.05) is 30.3 Å². The summed E-state index contributed by atoms with van der Waals surface area (Å²) < 4.78 is 40.2. The first-order chi connectivity index (χ1) is 15.4. The first kappa shape index (κ1) is 21.8. The monoisotopic (exact) mass is 461 g/mol. The number of hydrogen-bond acceptors (Lipinski definition) is 4. The summed E-state index contributed by atoms with van der Waals surface area (Å²) in [6.45, 7) is 4.72. The van der Waals surface area contributed by atoms with Crippen molar-refractivity contribution in [3.63, 3.8) is 0 Å². The molecule has 0 N–H and O–H groups in total. The Morgan fingerprint density at radius 1 is 1.00 bits per heavy atom. The molecule has 0 aromatic heterocycles. The third kappa shape index (κ3) is 4.28. The molecule has 1 unspecified atom stereocenters. The van der Waals surface area contributed by atoms with Crippen LogP contribution in [0.25, 0.3) is 0 Å². The fourth-order valence-electron chi connectivity index (χ4n) is 4.99. The molecule has 0 bridgehead atoms. The predicted octanol–water partition coefficient (Wildman–Crippen LogP) is 5.39. The van der Waals surface area contributed by atoms with Crippen molar-refractivity contribution in [3.05, 3.63) is 48.0 Å². The predicted molar refractivity (Wildman–Crippen MR) is 119 cm³/mol. The Kier molecular flexibility index (Phi) is 5.94. The van der Waals surface area contributed by atoms with Crippen molar-refractivity contribution in [1.29, 1.82) is 0 Å². The van der Waals surface area contributed by atoms with Gasteiger partial charge in [-0.2, -0.15) is 13.2 Å². The van der Waals surface area contributed by atoms with Gasteiger partial charge in [-0.3, -0.25) is 19.5 Å². The number of nitrogens with zero attached hydrogens (tertiary/aromatic N) is 3. The molecule has 5 rings (SSSR count). The number of piperidine rings is 1. The van der Waals surface area contributed by atoms with Crippen LogP contribution in [0.1, 0.15) is 31.2 Å². The van der Waals surface area contributed by atoms with Crippen molar-refractivity contribution in [3.8, 4) is 0 Å². The fraction of sp³-hybridized carbons (Fsp3) is 0.458. The molecule has 0 radical (unpaired) electrons. The molecular formula is C24H26F3N3OS. The standard InChI is InChI=1S/C24H26F3N3OS/c25-24(26,27)17-8-9-22-20(15-17)30(19-6-1-2-7-21(19)32-22)23(31)10-12-28-13-14-29-11-4-3-5-18(29)16-28/h1-2,6-9,15,18H,3-5,10-14,16H2. The van der Waals surface area contributed by atoms with Gasteiger partial charge in [-0.25, -0.2) is 0 Å². The Balaban J connectivity index is 1.37. The van der Waals surface area contributed by atoms with Crippen LogP contribution in [0.15, 0.2) is 52.3 Å². The smallest absolute Gasteiger partial charge is 0.300 e. The maximum atomic E-state index is 13.4. The number of piperazine rings is 1. The average Bonchev–Trinajstić information content (AvgIpc) is 2.80. The van der Waals surface area contributed by atoms with E-state index in [1.54, 1.807) is 0 Å². The van der Waals surface area contributed by atoms with Crippen molar-refractivity contribution in [2.45, 2.75) is 47.7 Å². The summed E-state index contributed by atoms with van der Waals surface area (Å²) in [5.41, 5.74) is 0.250. The number of fused-ring (bicyclic) bond motifs is 3. The summed E-state index contributed by atoms with van der Waals surface area (Å²) in [7, 11) is 0. The second-order valence-electron chi connectivity index (χ2n) is 8.72. The summed E-state index contributed by atoms with van der Waals surface area (Å²) in [5, 5.41) is 0. The summed E-state index contributed by atoms with van der Waals surface area (Å²) in [6.07, 6.45) is -0.448. The Labute approximate surface area is 190 Å². The highest BCUT2D eigenvalue weighted by Crippen LogP contribution is 2.49. The Morgan fingerprint density at radius 3 is 2.66 bits per heavy atom. The minimum Gasteiger partial charge on any atom is -0.300 e. The molecule has 8 heteroatoms. The molecule has 1 atom stereocenters. The molecular weight excluding hydrogens is 435 g/mol. The van der Waals surface area contributed by atoms with E-state index < -0.39 is 11.7 Å². The molecule has 1 amide bonds. The third-order valence-corrected chi connectivity index (χ3v) is 7.80. The first-order valence-electron chi connectivity index (χ1n) is 11.2. The molecule has 0 aliphatic carbocycles. The Hall–Kier alpha value is -2.03. The second-order valence-corrected chi connectivity index (χ2v) is 9.80. The molecule has 2 fully saturated rings. The lowest BCUT2D eigenvalue weighted by atomic mass is 9.99. The van der Waals surface area contributed by atoms with Crippen LogP contribution >= 0.6 is 11.8 Å². The highest BCUT2D eigenvalue weighted by atomic mass is 32.2. The molecule has 3 aliphatic rings. The lowest BCUT2D eigenvalue weighted by Gasteiger charge is -2.44. The second kappa shape index (κ2) is 8.72. The largest absolute Gasteiger partial charge is 0.416 e. The van der Waals surface area contributed by atoms with Gasteiger partial charge in [0.1, 0.15) is 0 Å². The van der Waals surface area contributed by atoms with E-state index in [1.807, 2.05) is 24.3 Å². The van der Waals surface area contributed by atoms with E-state index in [9.17, 15) is 18.0 Å². The van der Waals surface area contributed by atoms with Crippen LogP contribution in [0.2, 0.25) is 0 Å². The molecule has 3 heterocycles. The number of carbonyl (C=O) groups excluding carboxylic acids is 1. The maximum Gasteiger partial charge on any atom is 0.416 e. The van der Waals surface area contributed by atoms with Gasteiger partial charge >= 0.3 is 6.18 Å². The van der Waals surface area contributed by atoms with Gasteiger partial charge in [0.2, 0.25) is 5.91 Å². The lowest BCUT2D eigenvalue weighted by molar-refractivity contribution is -0.137. The van der Waals surface area contributed by atoms with Crippen LogP contribution in [-0.2, 0) is 11.0 Å². The van der Waals surface area contributed by atoms with Crippen LogP contribution in [-0.4, -0.2) is 54.5 Å². The average molecular weight is 462 g/mol. The molecule has 2 saturated heterocycles. The van der Waals surface area contributed by atoms with Crippen molar-refractivity contribution >= 4 is 29.0 Å². The van der Waals surface area contributed by atoms with E-state index in [-0.39, 0.29) is 12.3 Å². The SMILES string of the molecule is O=C(CCN1CCN2CCCCC2C1)N1c2ccccc2Sc2ccc(C(F)(F)F)cc21. The minimum atomic E-state index is -4.45. The first-order valence-corrected chi connectivity index (χ1v) is 12.0. The van der Waals surface area contributed by atoms with Gasteiger partial charge in [-0.05, 0) is 49.7 Å². The molecule has 2 aromatic rings.